The lowest BCUT2D eigenvalue weighted by atomic mass is 9.81. The average Bonchev–Trinajstić information content (AvgIpc) is 4.00. The Balaban J connectivity index is 1.14. The molecule has 0 unspecified atom stereocenters. The molecule has 15 nitrogen and oxygen atoms in total. The molecule has 0 radical (unpaired) electrons. The number of phenolic OH excluding ortho intramolecular Hbond substituents is 1. The van der Waals surface area contributed by atoms with E-state index >= 15 is 0 Å². The number of fused-ring (bicyclic) bond motifs is 6. The second-order valence-corrected chi connectivity index (χ2v) is 21.1. The molecule has 4 amide bonds. The van der Waals surface area contributed by atoms with E-state index in [2.05, 4.69) is 73.4 Å². The van der Waals surface area contributed by atoms with Crippen LogP contribution in [0.5, 0.6) is 5.75 Å². The molecule has 15 heteroatoms. The molecule has 4 aromatic rings. The number of carbonyl (C=O) groups is 5. The highest BCUT2D eigenvalue weighted by Crippen LogP contribution is 2.42. The van der Waals surface area contributed by atoms with Crippen molar-refractivity contribution in [2.75, 3.05) is 33.8 Å². The van der Waals surface area contributed by atoms with Gasteiger partial charge in [0, 0.05) is 67.7 Å². The Labute approximate surface area is 400 Å². The van der Waals surface area contributed by atoms with E-state index in [0.717, 1.165) is 57.4 Å². The molecule has 1 aliphatic carbocycles. The fraction of sp³-hybridized carbons (Fsp3) is 0.547. The zero-order chi connectivity index (χ0) is 48.8. The number of hydrazine groups is 1. The largest absolute Gasteiger partial charge is 0.508 e. The summed E-state index contributed by atoms with van der Waals surface area (Å²) in [6, 6.07) is 12.5. The third kappa shape index (κ3) is 10.0. The summed E-state index contributed by atoms with van der Waals surface area (Å²) in [7, 11) is 3.16. The molecule has 4 N–H and O–H groups in total. The van der Waals surface area contributed by atoms with Crippen LogP contribution in [0.2, 0.25) is 0 Å². The van der Waals surface area contributed by atoms with E-state index in [4.69, 9.17) is 9.72 Å². The average molecular weight is 931 g/mol. The van der Waals surface area contributed by atoms with Crippen LogP contribution in [-0.2, 0) is 48.1 Å². The number of carbonyl (C=O) groups excluding carboxylic acids is 5. The molecule has 5 heterocycles. The maximum Gasteiger partial charge on any atom is 0.324 e. The van der Waals surface area contributed by atoms with Crippen LogP contribution in [0, 0.1) is 17.3 Å². The van der Waals surface area contributed by atoms with Crippen molar-refractivity contribution in [3.05, 3.63) is 71.5 Å². The first-order valence-corrected chi connectivity index (χ1v) is 24.6. The minimum atomic E-state index is -1.17. The quantitative estimate of drug-likeness (QED) is 0.103. The first kappa shape index (κ1) is 48.6. The summed E-state index contributed by atoms with van der Waals surface area (Å²) in [5.41, 5.74) is 10.1. The van der Waals surface area contributed by atoms with Gasteiger partial charge < -0.3 is 29.5 Å². The molecule has 6 bridgehead atoms. The summed E-state index contributed by atoms with van der Waals surface area (Å²) in [6.07, 6.45) is 6.75. The van der Waals surface area contributed by atoms with Crippen LogP contribution in [0.1, 0.15) is 103 Å². The Kier molecular flexibility index (Phi) is 14.1. The smallest absolute Gasteiger partial charge is 0.324 e. The van der Waals surface area contributed by atoms with Gasteiger partial charge >= 0.3 is 5.97 Å². The van der Waals surface area contributed by atoms with Gasteiger partial charge in [0.25, 0.3) is 5.91 Å². The van der Waals surface area contributed by atoms with Crippen molar-refractivity contribution in [1.29, 1.82) is 0 Å². The van der Waals surface area contributed by atoms with E-state index in [9.17, 15) is 29.1 Å². The number of amides is 4. The number of aromatic hydroxyl groups is 1. The van der Waals surface area contributed by atoms with Crippen molar-refractivity contribution in [2.24, 2.45) is 17.3 Å². The first-order valence-electron chi connectivity index (χ1n) is 24.6. The number of esters is 1. The second-order valence-electron chi connectivity index (χ2n) is 21.1. The van der Waals surface area contributed by atoms with E-state index in [1.165, 1.54) is 21.2 Å². The molecular weight excluding hydrogens is 861 g/mol. The summed E-state index contributed by atoms with van der Waals surface area (Å²) in [4.78, 5) is 78.0. The highest BCUT2D eigenvalue weighted by Gasteiger charge is 2.50. The van der Waals surface area contributed by atoms with Gasteiger partial charge in [0.15, 0.2) is 0 Å². The standard InChI is InChI=1S/C53H70N8O7/c1-10-60-42-19-18-34-26-38(42)39(48(60)37-16-12-20-54-44(37)30(2)3)27-53(6,7)29-68-52(67)40-17-13-21-61(57-40)50(65)41(24-32-22-35(34)25-36(62)23-32)55-49(64)47(31(4)5)59(9)43(63)28-58(8)51(66)46-45(56-46)33-14-11-15-33/h12,16,18-20,22-23,25-26,30-31,33,40-41,45-47,56-57,62H,10-11,13-15,17,21,24,27-29H2,1-9H3,(H,55,64)/t40-,41-,45-,46-,47-/m0/s1. The first-order chi connectivity index (χ1) is 32.3. The molecule has 68 heavy (non-hydrogen) atoms. The molecule has 3 aliphatic heterocycles. The van der Waals surface area contributed by atoms with Crippen LogP contribution in [0.15, 0.2) is 54.7 Å². The number of pyridine rings is 1. The van der Waals surface area contributed by atoms with E-state index in [1.54, 1.807) is 26.2 Å². The number of hydrogen-bond donors (Lipinski definition) is 4. The van der Waals surface area contributed by atoms with Crippen LogP contribution >= 0.6 is 0 Å². The molecule has 2 aromatic carbocycles. The predicted molar refractivity (Wildman–Crippen MR) is 261 cm³/mol. The van der Waals surface area contributed by atoms with Crippen LogP contribution in [0.3, 0.4) is 0 Å². The number of likely N-dealkylation sites (N-methyl/N-ethyl adjacent to an activating group) is 2. The number of hydrogen-bond acceptors (Lipinski definition) is 10. The van der Waals surface area contributed by atoms with Gasteiger partial charge in [-0.05, 0) is 115 Å². The van der Waals surface area contributed by atoms with Crippen molar-refractivity contribution in [2.45, 2.75) is 136 Å². The van der Waals surface area contributed by atoms with Crippen molar-refractivity contribution in [3.63, 3.8) is 0 Å². The summed E-state index contributed by atoms with van der Waals surface area (Å²) in [5, 5.41) is 20.1. The minimum Gasteiger partial charge on any atom is -0.508 e. The molecule has 2 aromatic heterocycles. The van der Waals surface area contributed by atoms with E-state index < -0.39 is 47.2 Å². The highest BCUT2D eigenvalue weighted by molar-refractivity contribution is 5.96. The van der Waals surface area contributed by atoms with Crippen molar-refractivity contribution < 1.29 is 33.8 Å². The Morgan fingerprint density at radius 3 is 2.46 bits per heavy atom. The molecule has 4 aliphatic rings. The van der Waals surface area contributed by atoms with Crippen molar-refractivity contribution in [3.8, 4) is 28.1 Å². The Morgan fingerprint density at radius 2 is 1.76 bits per heavy atom. The SMILES string of the molecule is CCn1c(-c2cccnc2C(C)C)c2c3cc(ccc31)-c1cc(O)cc(c1)C[C@H](NC(=O)[C@H](C(C)C)N(C)C(=O)CN(C)C(=O)[C@H]1N[C@H]1C1CCC1)C(=O)N1CCC[C@H](N1)C(=O)OCC(C)(C)C2. The number of phenols is 1. The number of cyclic esters (lactones) is 1. The van der Waals surface area contributed by atoms with E-state index in [-0.39, 0.29) is 61.7 Å². The van der Waals surface area contributed by atoms with Crippen LogP contribution in [0.25, 0.3) is 33.3 Å². The Hall–Kier alpha value is -5.80. The number of nitrogens with zero attached hydrogens (tertiary/aromatic N) is 5. The molecule has 364 valence electrons. The lowest BCUT2D eigenvalue weighted by molar-refractivity contribution is -0.155. The maximum absolute atomic E-state index is 14.7. The minimum absolute atomic E-state index is 0.00185. The molecular formula is C53H70N8O7. The van der Waals surface area contributed by atoms with Gasteiger partial charge in [0.05, 0.1) is 24.5 Å². The third-order valence-corrected chi connectivity index (χ3v) is 14.5. The zero-order valence-corrected chi connectivity index (χ0v) is 41.2. The molecule has 8 rings (SSSR count). The summed E-state index contributed by atoms with van der Waals surface area (Å²) >= 11 is 0. The summed E-state index contributed by atoms with van der Waals surface area (Å²) < 4.78 is 8.45. The number of nitrogens with one attached hydrogen (secondary N) is 3. The summed E-state index contributed by atoms with van der Waals surface area (Å²) in [5.74, 6) is -1.75. The number of aryl methyl sites for hydroxylation is 1. The van der Waals surface area contributed by atoms with Gasteiger partial charge in [-0.3, -0.25) is 39.3 Å². The molecule has 3 fully saturated rings. The molecule has 1 saturated carbocycles. The van der Waals surface area contributed by atoms with Crippen LogP contribution < -0.4 is 16.1 Å². The van der Waals surface area contributed by atoms with Crippen molar-refractivity contribution >= 4 is 40.5 Å². The molecule has 0 spiro atoms. The van der Waals surface area contributed by atoms with Gasteiger partial charge in [-0.2, -0.15) is 0 Å². The monoisotopic (exact) mass is 931 g/mol. The maximum atomic E-state index is 14.7. The fourth-order valence-corrected chi connectivity index (χ4v) is 10.6. The number of aromatic nitrogens is 2. The Morgan fingerprint density at radius 1 is 1.00 bits per heavy atom. The number of ether oxygens (including phenoxy) is 1. The van der Waals surface area contributed by atoms with Gasteiger partial charge in [-0.25, -0.2) is 5.43 Å². The summed E-state index contributed by atoms with van der Waals surface area (Å²) in [6.45, 7) is 15.2. The number of benzene rings is 2. The number of rotatable bonds is 11. The lowest BCUT2D eigenvalue weighted by Gasteiger charge is -2.37. The lowest BCUT2D eigenvalue weighted by Crippen LogP contribution is -2.62. The van der Waals surface area contributed by atoms with Gasteiger partial charge in [0.2, 0.25) is 17.7 Å². The van der Waals surface area contributed by atoms with Crippen LogP contribution in [-0.4, -0.2) is 123 Å². The van der Waals surface area contributed by atoms with Crippen LogP contribution in [0.4, 0.5) is 0 Å². The topological polar surface area (TPSA) is 188 Å². The molecule has 5 atom stereocenters. The highest BCUT2D eigenvalue weighted by atomic mass is 16.5. The van der Waals surface area contributed by atoms with Gasteiger partial charge in [-0.1, -0.05) is 60.1 Å². The van der Waals surface area contributed by atoms with Gasteiger partial charge in [-0.15, -0.1) is 0 Å². The third-order valence-electron chi connectivity index (χ3n) is 14.5. The second kappa shape index (κ2) is 19.7. The molecule has 2 saturated heterocycles. The van der Waals surface area contributed by atoms with E-state index in [1.807, 2.05) is 38.2 Å². The fourth-order valence-electron chi connectivity index (χ4n) is 10.6. The normalized spacial score (nSPS) is 22.3. The van der Waals surface area contributed by atoms with Gasteiger partial charge in [0.1, 0.15) is 29.9 Å². The van der Waals surface area contributed by atoms with Crippen molar-refractivity contribution in [1.82, 2.24) is 40.4 Å². The Bertz CT molecular complexity index is 2580. The predicted octanol–water partition coefficient (Wildman–Crippen LogP) is 5.95. The van der Waals surface area contributed by atoms with E-state index in [0.29, 0.717) is 37.3 Å². The zero-order valence-electron chi connectivity index (χ0n) is 41.2.